The Hall–Kier alpha value is -3.92. The van der Waals surface area contributed by atoms with Crippen LogP contribution in [0.4, 0.5) is 17.5 Å². The van der Waals surface area contributed by atoms with E-state index < -0.39 is 19.8 Å². The maximum absolute atomic E-state index is 13.1. The second kappa shape index (κ2) is 11.9. The summed E-state index contributed by atoms with van der Waals surface area (Å²) in [7, 11) is -4.64. The number of nitrogens with one attached hydrogen (secondary N) is 1. The molecule has 1 atom stereocenters. The van der Waals surface area contributed by atoms with Gasteiger partial charge in [0.1, 0.15) is 6.26 Å². The minimum Gasteiger partial charge on any atom is -0.444 e. The van der Waals surface area contributed by atoms with Gasteiger partial charge in [-0.15, -0.1) is 0 Å². The fourth-order valence-electron chi connectivity index (χ4n) is 4.38. The van der Waals surface area contributed by atoms with Gasteiger partial charge in [0.05, 0.1) is 25.0 Å². The van der Waals surface area contributed by atoms with Crippen LogP contribution in [-0.2, 0) is 9.30 Å². The van der Waals surface area contributed by atoms with Crippen molar-refractivity contribution in [3.63, 3.8) is 0 Å². The lowest BCUT2D eigenvalue weighted by Crippen LogP contribution is -2.36. The number of aryl methyl sites for hydroxylation is 1. The quantitative estimate of drug-likeness (QED) is 0.207. The Morgan fingerprint density at radius 1 is 1.10 bits per heavy atom. The molecule has 17 heteroatoms. The van der Waals surface area contributed by atoms with Crippen molar-refractivity contribution in [2.75, 3.05) is 54.5 Å². The van der Waals surface area contributed by atoms with E-state index in [-0.39, 0.29) is 5.69 Å². The third-order valence-corrected chi connectivity index (χ3v) is 6.22. The second-order valence-corrected chi connectivity index (χ2v) is 10.4. The molecule has 6 rings (SSSR count). The molecule has 2 saturated heterocycles. The number of aliphatic hydroxyl groups is 1. The van der Waals surface area contributed by atoms with Crippen LogP contribution < -0.4 is 15.1 Å². The monoisotopic (exact) mass is 589 g/mol. The predicted octanol–water partition coefficient (Wildman–Crippen LogP) is 1.31. The number of β-amino-alcohol motifs (C(OH)–C–C–N with tert-alkyl or cyclic N) is 1. The summed E-state index contributed by atoms with van der Waals surface area (Å²) in [5, 5.41) is 13.0. The molecular formula is C24H28N7O9P. The lowest BCUT2D eigenvalue weighted by atomic mass is 10.2. The minimum atomic E-state index is -4.64. The summed E-state index contributed by atoms with van der Waals surface area (Å²) in [4.78, 5) is 56.4. The van der Waals surface area contributed by atoms with E-state index in [2.05, 4.69) is 20.3 Å². The number of ether oxygens (including phenoxy) is 1. The molecule has 5 N–H and O–H groups in total. The van der Waals surface area contributed by atoms with Gasteiger partial charge in [0.15, 0.2) is 17.1 Å². The van der Waals surface area contributed by atoms with E-state index in [9.17, 15) is 9.90 Å². The molecule has 6 heterocycles. The molecule has 0 unspecified atom stereocenters. The van der Waals surface area contributed by atoms with E-state index >= 15 is 0 Å². The highest BCUT2D eigenvalue weighted by Crippen LogP contribution is 2.33. The van der Waals surface area contributed by atoms with Crippen LogP contribution in [0.25, 0.3) is 22.7 Å². The predicted molar refractivity (Wildman–Crippen MR) is 144 cm³/mol. The molecule has 2 fully saturated rings. The number of amides is 1. The standard InChI is InChI=1S/C24H25N7O5.H3O4P/c1-14-10-15(2-4-25-14)23-27-18(13-35-23)22(33)26-17-11-19-20(28-21(17)31-5-3-16(32)12-31)29-24(36-19)30-6-8-34-9-7-30;1-5(2,3)4/h2,4,10-11,13,16,32H,3,5-9,12H2,1H3,(H,26,33);(H3,1,2,3,4)/t16-;/m1./s1. The summed E-state index contributed by atoms with van der Waals surface area (Å²) in [6.45, 7) is 5.43. The summed E-state index contributed by atoms with van der Waals surface area (Å²) in [5.74, 6) is 0.390. The van der Waals surface area contributed by atoms with Crippen LogP contribution in [0.3, 0.4) is 0 Å². The van der Waals surface area contributed by atoms with E-state index in [1.807, 2.05) is 22.8 Å². The van der Waals surface area contributed by atoms with Crippen molar-refractivity contribution in [3.05, 3.63) is 42.0 Å². The van der Waals surface area contributed by atoms with Gasteiger partial charge in [-0.25, -0.2) is 14.5 Å². The largest absolute Gasteiger partial charge is 0.466 e. The van der Waals surface area contributed by atoms with Gasteiger partial charge in [-0.2, -0.15) is 4.98 Å². The van der Waals surface area contributed by atoms with Gasteiger partial charge >= 0.3 is 7.82 Å². The number of aromatic nitrogens is 4. The summed E-state index contributed by atoms with van der Waals surface area (Å²) >= 11 is 0. The zero-order valence-corrected chi connectivity index (χ0v) is 22.8. The second-order valence-electron chi connectivity index (χ2n) is 9.36. The number of phosphoric acid groups is 1. The van der Waals surface area contributed by atoms with Crippen LogP contribution in [0.15, 0.2) is 39.5 Å². The summed E-state index contributed by atoms with van der Waals surface area (Å²) in [6, 6.07) is 5.78. The number of fused-ring (bicyclic) bond motifs is 1. The molecule has 0 bridgehead atoms. The number of hydrogen-bond acceptors (Lipinski definition) is 12. The van der Waals surface area contributed by atoms with Crippen molar-refractivity contribution in [2.45, 2.75) is 19.4 Å². The lowest BCUT2D eigenvalue weighted by Gasteiger charge is -2.24. The summed E-state index contributed by atoms with van der Waals surface area (Å²) in [6.07, 6.45) is 3.13. The number of pyridine rings is 2. The van der Waals surface area contributed by atoms with Crippen molar-refractivity contribution in [3.8, 4) is 11.5 Å². The van der Waals surface area contributed by atoms with Crippen LogP contribution in [0, 0.1) is 6.92 Å². The van der Waals surface area contributed by atoms with Gasteiger partial charge in [-0.1, -0.05) is 0 Å². The molecule has 4 aromatic heterocycles. The summed E-state index contributed by atoms with van der Waals surface area (Å²) in [5.41, 5.74) is 2.99. The molecule has 0 saturated carbocycles. The first kappa shape index (κ1) is 28.6. The Morgan fingerprint density at radius 2 is 1.85 bits per heavy atom. The first-order valence-corrected chi connectivity index (χ1v) is 14.2. The Bertz CT molecular complexity index is 1570. The van der Waals surface area contributed by atoms with Crippen LogP contribution in [0.2, 0.25) is 0 Å². The van der Waals surface area contributed by atoms with Crippen LogP contribution in [-0.4, -0.2) is 91.1 Å². The van der Waals surface area contributed by atoms with Gasteiger partial charge < -0.3 is 48.5 Å². The van der Waals surface area contributed by atoms with E-state index in [1.54, 1.807) is 18.3 Å². The number of oxazole rings is 2. The normalized spacial score (nSPS) is 17.4. The highest BCUT2D eigenvalue weighted by Gasteiger charge is 2.27. The van der Waals surface area contributed by atoms with E-state index in [0.29, 0.717) is 80.5 Å². The zero-order chi connectivity index (χ0) is 29.1. The number of morpholine rings is 1. The fraction of sp³-hybridized carbons (Fsp3) is 0.375. The van der Waals surface area contributed by atoms with E-state index in [4.69, 9.17) is 37.8 Å². The molecule has 218 valence electrons. The van der Waals surface area contributed by atoms with Gasteiger partial charge in [0, 0.05) is 49.7 Å². The van der Waals surface area contributed by atoms with Crippen LogP contribution in [0.1, 0.15) is 22.6 Å². The number of hydrogen-bond donors (Lipinski definition) is 5. The molecule has 0 radical (unpaired) electrons. The van der Waals surface area contributed by atoms with Crippen LogP contribution in [0.5, 0.6) is 0 Å². The van der Waals surface area contributed by atoms with Gasteiger partial charge in [0.25, 0.3) is 11.9 Å². The average Bonchev–Trinajstić information content (AvgIpc) is 3.67. The molecule has 0 aromatic carbocycles. The smallest absolute Gasteiger partial charge is 0.444 e. The molecule has 2 aliphatic heterocycles. The van der Waals surface area contributed by atoms with E-state index in [0.717, 1.165) is 11.3 Å². The average molecular weight is 590 g/mol. The van der Waals surface area contributed by atoms with Gasteiger partial charge in [-0.3, -0.25) is 9.78 Å². The Labute approximate surface area is 232 Å². The molecular weight excluding hydrogens is 561 g/mol. The van der Waals surface area contributed by atoms with Crippen molar-refractivity contribution in [2.24, 2.45) is 0 Å². The molecule has 0 spiro atoms. The van der Waals surface area contributed by atoms with Crippen LogP contribution >= 0.6 is 7.82 Å². The van der Waals surface area contributed by atoms with Crippen molar-refractivity contribution in [1.82, 2.24) is 19.9 Å². The molecule has 4 aromatic rings. The van der Waals surface area contributed by atoms with Crippen molar-refractivity contribution in [1.29, 1.82) is 0 Å². The number of carbonyl (C=O) groups excluding carboxylic acids is 1. The molecule has 41 heavy (non-hydrogen) atoms. The zero-order valence-electron chi connectivity index (χ0n) is 21.9. The Kier molecular flexibility index (Phi) is 8.30. The first-order chi connectivity index (χ1) is 19.5. The topological polar surface area (TPSA) is 221 Å². The highest BCUT2D eigenvalue weighted by molar-refractivity contribution is 7.45. The third-order valence-electron chi connectivity index (χ3n) is 6.22. The Balaban J connectivity index is 0.000000623. The van der Waals surface area contributed by atoms with Crippen molar-refractivity contribution >= 4 is 42.5 Å². The first-order valence-electron chi connectivity index (χ1n) is 12.6. The lowest BCUT2D eigenvalue weighted by molar-refractivity contribution is 0.102. The molecule has 1 amide bonds. The van der Waals surface area contributed by atoms with Gasteiger partial charge in [-0.05, 0) is 25.5 Å². The number of aliphatic hydroxyl groups excluding tert-OH is 1. The van der Waals surface area contributed by atoms with Crippen molar-refractivity contribution < 1.29 is 42.7 Å². The number of rotatable bonds is 5. The minimum absolute atomic E-state index is 0.124. The fourth-order valence-corrected chi connectivity index (χ4v) is 4.38. The number of nitrogens with zero attached hydrogens (tertiary/aromatic N) is 6. The SMILES string of the molecule is Cc1cc(-c2nc(C(=O)Nc3cc4oc(N5CCOCC5)nc4nc3N3CC[C@@H](O)C3)co2)ccn1.O=P(O)(O)O. The summed E-state index contributed by atoms with van der Waals surface area (Å²) < 4.78 is 25.8. The molecule has 0 aliphatic carbocycles. The highest BCUT2D eigenvalue weighted by atomic mass is 31.2. The number of carbonyl (C=O) groups is 1. The van der Waals surface area contributed by atoms with Gasteiger partial charge in [0.2, 0.25) is 11.5 Å². The maximum Gasteiger partial charge on any atom is 0.466 e. The number of anilines is 3. The third kappa shape index (κ3) is 7.24. The molecule has 16 nitrogen and oxygen atoms in total. The van der Waals surface area contributed by atoms with E-state index in [1.165, 1.54) is 6.26 Å². The Morgan fingerprint density at radius 3 is 2.54 bits per heavy atom. The maximum atomic E-state index is 13.1. The molecule has 2 aliphatic rings.